The topological polar surface area (TPSA) is 70.7 Å². The summed E-state index contributed by atoms with van der Waals surface area (Å²) in [6.07, 6.45) is -3.72. The monoisotopic (exact) mass is 444 g/mol. The summed E-state index contributed by atoms with van der Waals surface area (Å²) in [5, 5.41) is 12.7. The number of carbonyl (C=O) groups excluding carboxylic acids is 1. The van der Waals surface area contributed by atoms with Crippen LogP contribution in [0.1, 0.15) is 27.9 Å². The molecule has 0 aliphatic heterocycles. The van der Waals surface area contributed by atoms with Gasteiger partial charge in [-0.05, 0) is 37.1 Å². The van der Waals surface area contributed by atoms with Gasteiger partial charge in [-0.1, -0.05) is 42.1 Å². The number of nitrogens with zero attached hydrogens (tertiary/aromatic N) is 3. The molecule has 2 aromatic heterocycles. The fraction of sp³-hybridized carbons (Fsp3) is 0.227. The lowest BCUT2D eigenvalue weighted by Crippen LogP contribution is -2.18. The van der Waals surface area contributed by atoms with Crippen molar-refractivity contribution in [1.29, 1.82) is 5.26 Å². The van der Waals surface area contributed by atoms with Gasteiger partial charge in [0.15, 0.2) is 0 Å². The second kappa shape index (κ2) is 9.27. The van der Waals surface area contributed by atoms with Crippen LogP contribution in [-0.4, -0.2) is 21.2 Å². The molecule has 0 atom stereocenters. The van der Waals surface area contributed by atoms with E-state index < -0.39 is 11.7 Å². The molecule has 160 valence electrons. The smallest absolute Gasteiger partial charge is 0.326 e. The molecule has 0 saturated carbocycles. The predicted molar refractivity (Wildman–Crippen MR) is 113 cm³/mol. The predicted octanol–water partition coefficient (Wildman–Crippen LogP) is 5.17. The Morgan fingerprint density at radius 3 is 2.48 bits per heavy atom. The number of pyridine rings is 1. The maximum Gasteiger partial charge on any atom is 0.417 e. The summed E-state index contributed by atoms with van der Waals surface area (Å²) in [4.78, 5) is 16.3. The Morgan fingerprint density at radius 2 is 1.90 bits per heavy atom. The summed E-state index contributed by atoms with van der Waals surface area (Å²) in [5.41, 5.74) is 2.21. The zero-order chi connectivity index (χ0) is 22.6. The highest BCUT2D eigenvalue weighted by atomic mass is 32.2. The van der Waals surface area contributed by atoms with Crippen molar-refractivity contribution in [2.24, 2.45) is 0 Å². The standard InChI is InChI=1S/C22H19F3N4OS/c1-14-15(2)29(12-16-6-4-3-5-7-16)21(18(14)10-26)28-19(30)13-31-20-9-8-17(11-27-20)22(23,24)25/h3-9,11H,12-13H2,1-2H3,(H,28,30). The van der Waals surface area contributed by atoms with E-state index in [0.717, 1.165) is 40.8 Å². The van der Waals surface area contributed by atoms with Gasteiger partial charge in [-0.15, -0.1) is 0 Å². The van der Waals surface area contributed by atoms with Crippen LogP contribution in [0.25, 0.3) is 0 Å². The van der Waals surface area contributed by atoms with Crippen LogP contribution >= 0.6 is 11.8 Å². The third-order valence-corrected chi connectivity index (χ3v) is 5.74. The van der Waals surface area contributed by atoms with E-state index in [1.54, 1.807) is 0 Å². The lowest BCUT2D eigenvalue weighted by atomic mass is 10.2. The highest BCUT2D eigenvalue weighted by Crippen LogP contribution is 2.30. The lowest BCUT2D eigenvalue weighted by molar-refractivity contribution is -0.137. The molecule has 0 radical (unpaired) electrons. The number of halogens is 3. The summed E-state index contributed by atoms with van der Waals surface area (Å²) in [7, 11) is 0. The summed E-state index contributed by atoms with van der Waals surface area (Å²) < 4.78 is 39.8. The summed E-state index contributed by atoms with van der Waals surface area (Å²) in [6, 6.07) is 14.0. The summed E-state index contributed by atoms with van der Waals surface area (Å²) in [5.74, 6) is -0.0277. The zero-order valence-corrected chi connectivity index (χ0v) is 17.6. The molecule has 0 aliphatic carbocycles. The first kappa shape index (κ1) is 22.4. The Bertz CT molecular complexity index is 1120. The zero-order valence-electron chi connectivity index (χ0n) is 16.8. The molecule has 0 fully saturated rings. The van der Waals surface area contributed by atoms with Crippen LogP contribution in [0.3, 0.4) is 0 Å². The van der Waals surface area contributed by atoms with Crippen LogP contribution in [0.5, 0.6) is 0 Å². The number of alkyl halides is 3. The van der Waals surface area contributed by atoms with Crippen LogP contribution in [0, 0.1) is 25.2 Å². The van der Waals surface area contributed by atoms with Gasteiger partial charge < -0.3 is 9.88 Å². The molecular formula is C22H19F3N4OS. The minimum Gasteiger partial charge on any atom is -0.326 e. The van der Waals surface area contributed by atoms with Crippen molar-refractivity contribution in [1.82, 2.24) is 9.55 Å². The summed E-state index contributed by atoms with van der Waals surface area (Å²) >= 11 is 1.02. The Kier molecular flexibility index (Phi) is 6.71. The van der Waals surface area contributed by atoms with Crippen LogP contribution in [0.4, 0.5) is 19.0 Å². The van der Waals surface area contributed by atoms with Gasteiger partial charge in [0.1, 0.15) is 11.9 Å². The summed E-state index contributed by atoms with van der Waals surface area (Å²) in [6.45, 7) is 4.19. The first-order valence-electron chi connectivity index (χ1n) is 9.30. The second-order valence-corrected chi connectivity index (χ2v) is 7.83. The van der Waals surface area contributed by atoms with Gasteiger partial charge in [0.25, 0.3) is 0 Å². The van der Waals surface area contributed by atoms with E-state index >= 15 is 0 Å². The van der Waals surface area contributed by atoms with Crippen molar-refractivity contribution < 1.29 is 18.0 Å². The fourth-order valence-corrected chi connectivity index (χ4v) is 3.68. The van der Waals surface area contributed by atoms with Gasteiger partial charge in [0.05, 0.1) is 21.9 Å². The van der Waals surface area contributed by atoms with Crippen molar-refractivity contribution in [3.05, 3.63) is 76.6 Å². The van der Waals surface area contributed by atoms with Crippen LogP contribution in [-0.2, 0) is 17.5 Å². The molecule has 2 heterocycles. The van der Waals surface area contributed by atoms with Gasteiger partial charge in [-0.2, -0.15) is 18.4 Å². The van der Waals surface area contributed by atoms with Crippen LogP contribution in [0.15, 0.2) is 53.7 Å². The van der Waals surface area contributed by atoms with Gasteiger partial charge in [0, 0.05) is 18.4 Å². The van der Waals surface area contributed by atoms with Crippen molar-refractivity contribution in [3.63, 3.8) is 0 Å². The van der Waals surface area contributed by atoms with E-state index in [1.165, 1.54) is 6.07 Å². The van der Waals surface area contributed by atoms with E-state index in [1.807, 2.05) is 48.7 Å². The lowest BCUT2D eigenvalue weighted by Gasteiger charge is -2.13. The average Bonchev–Trinajstić information content (AvgIpc) is 2.96. The Balaban J connectivity index is 1.74. The number of benzene rings is 1. The number of rotatable bonds is 6. The molecule has 0 aliphatic rings. The van der Waals surface area contributed by atoms with E-state index in [0.29, 0.717) is 23.0 Å². The Morgan fingerprint density at radius 1 is 1.19 bits per heavy atom. The molecule has 1 amide bonds. The Hall–Kier alpha value is -3.25. The highest BCUT2D eigenvalue weighted by molar-refractivity contribution is 7.99. The van der Waals surface area contributed by atoms with Gasteiger partial charge in [-0.3, -0.25) is 4.79 Å². The number of nitrogens with one attached hydrogen (secondary N) is 1. The molecule has 31 heavy (non-hydrogen) atoms. The molecule has 3 aromatic rings. The van der Waals surface area contributed by atoms with Crippen molar-refractivity contribution in [2.75, 3.05) is 11.1 Å². The fourth-order valence-electron chi connectivity index (χ4n) is 3.04. The van der Waals surface area contributed by atoms with Crippen molar-refractivity contribution in [3.8, 4) is 6.07 Å². The van der Waals surface area contributed by atoms with Crippen molar-refractivity contribution in [2.45, 2.75) is 31.6 Å². The molecule has 0 spiro atoms. The molecule has 5 nitrogen and oxygen atoms in total. The SMILES string of the molecule is Cc1c(C#N)c(NC(=O)CSc2ccc(C(F)(F)F)cn2)n(Cc2ccccc2)c1C. The van der Waals surface area contributed by atoms with Gasteiger partial charge in [0.2, 0.25) is 5.91 Å². The number of hydrogen-bond donors (Lipinski definition) is 1. The number of aromatic nitrogens is 2. The molecule has 0 unspecified atom stereocenters. The number of carbonyl (C=O) groups is 1. The van der Waals surface area contributed by atoms with Crippen LogP contribution in [0.2, 0.25) is 0 Å². The minimum atomic E-state index is -4.46. The largest absolute Gasteiger partial charge is 0.417 e. The number of nitriles is 1. The first-order chi connectivity index (χ1) is 14.7. The molecule has 0 bridgehead atoms. The second-order valence-electron chi connectivity index (χ2n) is 6.84. The maximum atomic E-state index is 12.6. The van der Waals surface area contributed by atoms with Crippen molar-refractivity contribution >= 4 is 23.5 Å². The third-order valence-electron chi connectivity index (χ3n) is 4.80. The number of thioether (sulfide) groups is 1. The maximum absolute atomic E-state index is 12.6. The van der Waals surface area contributed by atoms with E-state index in [2.05, 4.69) is 16.4 Å². The van der Waals surface area contributed by atoms with E-state index in [4.69, 9.17) is 0 Å². The average molecular weight is 444 g/mol. The van der Waals surface area contributed by atoms with Crippen LogP contribution < -0.4 is 5.32 Å². The van der Waals surface area contributed by atoms with Gasteiger partial charge >= 0.3 is 6.18 Å². The molecular weight excluding hydrogens is 425 g/mol. The molecule has 9 heteroatoms. The van der Waals surface area contributed by atoms with E-state index in [-0.39, 0.29) is 11.7 Å². The first-order valence-corrected chi connectivity index (χ1v) is 10.3. The minimum absolute atomic E-state index is 0.0577. The number of hydrogen-bond acceptors (Lipinski definition) is 4. The number of amides is 1. The third kappa shape index (κ3) is 5.27. The molecule has 3 rings (SSSR count). The highest BCUT2D eigenvalue weighted by Gasteiger charge is 2.30. The quantitative estimate of drug-likeness (QED) is 0.533. The molecule has 0 saturated heterocycles. The molecule has 1 aromatic carbocycles. The molecule has 1 N–H and O–H groups in total. The normalized spacial score (nSPS) is 11.2. The number of anilines is 1. The van der Waals surface area contributed by atoms with Gasteiger partial charge in [-0.25, -0.2) is 4.98 Å². The van der Waals surface area contributed by atoms with E-state index in [9.17, 15) is 23.2 Å². The Labute approximate surface area is 181 Å².